The molecule has 1 amide bonds. The fourth-order valence-electron chi connectivity index (χ4n) is 3.83. The van der Waals surface area contributed by atoms with Crippen molar-refractivity contribution in [2.75, 3.05) is 11.4 Å². The third kappa shape index (κ3) is 7.76. The van der Waals surface area contributed by atoms with Crippen LogP contribution in [0.2, 0.25) is 0 Å². The zero-order chi connectivity index (χ0) is 20.0. The number of nitrogens with zero attached hydrogens (tertiary/aromatic N) is 2. The summed E-state index contributed by atoms with van der Waals surface area (Å²) in [7, 11) is 0. The van der Waals surface area contributed by atoms with Crippen LogP contribution >= 0.6 is 0 Å². The first-order valence-corrected chi connectivity index (χ1v) is 11.0. The lowest BCUT2D eigenvalue weighted by Gasteiger charge is -2.21. The number of nitrogens with one attached hydrogen (secondary N) is 1. The number of nitriles is 1. The Balaban J connectivity index is 2.00. The molecule has 2 rings (SSSR count). The Morgan fingerprint density at radius 1 is 1.04 bits per heavy atom. The van der Waals surface area contributed by atoms with E-state index in [0.29, 0.717) is 6.54 Å². The minimum Gasteiger partial charge on any atom is -0.349 e. The van der Waals surface area contributed by atoms with Gasteiger partial charge in [0.15, 0.2) is 0 Å². The number of amides is 1. The van der Waals surface area contributed by atoms with Crippen LogP contribution in [-0.4, -0.2) is 18.5 Å². The van der Waals surface area contributed by atoms with Crippen molar-refractivity contribution < 1.29 is 4.79 Å². The van der Waals surface area contributed by atoms with E-state index in [-0.39, 0.29) is 17.5 Å². The van der Waals surface area contributed by atoms with Crippen molar-refractivity contribution in [2.24, 2.45) is 0 Å². The maximum atomic E-state index is 12.8. The minimum absolute atomic E-state index is 0.176. The van der Waals surface area contributed by atoms with Crippen LogP contribution in [0, 0.1) is 11.3 Å². The molecule has 0 unspecified atom stereocenters. The Labute approximate surface area is 170 Å². The molecule has 0 heterocycles. The zero-order valence-electron chi connectivity index (χ0n) is 17.3. The Kier molecular flexibility index (Phi) is 10.2. The van der Waals surface area contributed by atoms with Crippen molar-refractivity contribution in [3.05, 3.63) is 42.1 Å². The number of anilines is 1. The SMILES string of the molecule is CCN(/C=C(/C#N)C(=O)NC1CCCCCCCCCCC1)c1ccccc1. The van der Waals surface area contributed by atoms with E-state index in [1.807, 2.05) is 42.2 Å². The summed E-state index contributed by atoms with van der Waals surface area (Å²) in [6, 6.07) is 12.1. The molecule has 1 aromatic carbocycles. The molecule has 1 aliphatic rings. The third-order valence-electron chi connectivity index (χ3n) is 5.52. The van der Waals surface area contributed by atoms with Crippen molar-refractivity contribution in [1.82, 2.24) is 5.32 Å². The van der Waals surface area contributed by atoms with Gasteiger partial charge in [0.25, 0.3) is 5.91 Å². The van der Waals surface area contributed by atoms with Crippen LogP contribution in [0.5, 0.6) is 0 Å². The number of carbonyl (C=O) groups is 1. The summed E-state index contributed by atoms with van der Waals surface area (Å²) >= 11 is 0. The molecule has 1 fully saturated rings. The molecule has 0 aromatic heterocycles. The standard InChI is InChI=1S/C24H35N3O/c1-2-27(23-17-13-10-14-18-23)20-21(19-25)24(28)26-22-15-11-8-6-4-3-5-7-9-12-16-22/h10,13-14,17-18,20,22H,2-9,11-12,15-16H2,1H3,(H,26,28)/b21-20-. The van der Waals surface area contributed by atoms with Gasteiger partial charge in [0.05, 0.1) is 0 Å². The molecule has 152 valence electrons. The Bertz CT molecular complexity index is 636. The van der Waals surface area contributed by atoms with E-state index in [9.17, 15) is 10.1 Å². The molecule has 1 aliphatic carbocycles. The highest BCUT2D eigenvalue weighted by Crippen LogP contribution is 2.18. The van der Waals surface area contributed by atoms with Gasteiger partial charge in [-0.15, -0.1) is 0 Å². The van der Waals surface area contributed by atoms with E-state index in [0.717, 1.165) is 31.4 Å². The first-order chi connectivity index (χ1) is 13.7. The summed E-state index contributed by atoms with van der Waals surface area (Å²) in [5, 5.41) is 12.7. The molecular weight excluding hydrogens is 346 g/mol. The summed E-state index contributed by atoms with van der Waals surface area (Å²) in [6.45, 7) is 2.72. The van der Waals surface area contributed by atoms with Gasteiger partial charge in [-0.1, -0.05) is 76.0 Å². The summed E-state index contributed by atoms with van der Waals surface area (Å²) in [5.41, 5.74) is 1.16. The van der Waals surface area contributed by atoms with Gasteiger partial charge in [-0.3, -0.25) is 4.79 Å². The van der Waals surface area contributed by atoms with Gasteiger partial charge in [0.2, 0.25) is 0 Å². The van der Waals surface area contributed by atoms with Crippen molar-refractivity contribution >= 4 is 11.6 Å². The van der Waals surface area contributed by atoms with Crippen molar-refractivity contribution in [3.63, 3.8) is 0 Å². The van der Waals surface area contributed by atoms with Gasteiger partial charge in [-0.05, 0) is 31.9 Å². The lowest BCUT2D eigenvalue weighted by Crippen LogP contribution is -2.36. The largest absolute Gasteiger partial charge is 0.349 e. The topological polar surface area (TPSA) is 56.1 Å². The lowest BCUT2D eigenvalue weighted by atomic mass is 9.97. The summed E-state index contributed by atoms with van der Waals surface area (Å²) < 4.78 is 0. The van der Waals surface area contributed by atoms with E-state index in [2.05, 4.69) is 11.4 Å². The van der Waals surface area contributed by atoms with Gasteiger partial charge in [-0.25, -0.2) is 0 Å². The van der Waals surface area contributed by atoms with Crippen LogP contribution in [-0.2, 0) is 4.79 Å². The second-order valence-corrected chi connectivity index (χ2v) is 7.71. The van der Waals surface area contributed by atoms with Crippen LogP contribution in [0.25, 0.3) is 0 Å². The quantitative estimate of drug-likeness (QED) is 0.525. The van der Waals surface area contributed by atoms with Gasteiger partial charge < -0.3 is 10.2 Å². The molecule has 28 heavy (non-hydrogen) atoms. The Hall–Kier alpha value is -2.28. The molecule has 0 radical (unpaired) electrons. The lowest BCUT2D eigenvalue weighted by molar-refractivity contribution is -0.117. The van der Waals surface area contributed by atoms with Crippen LogP contribution in [0.3, 0.4) is 0 Å². The smallest absolute Gasteiger partial charge is 0.263 e. The number of hydrogen-bond acceptors (Lipinski definition) is 3. The van der Waals surface area contributed by atoms with Gasteiger partial charge >= 0.3 is 0 Å². The number of hydrogen-bond donors (Lipinski definition) is 1. The summed E-state index contributed by atoms with van der Waals surface area (Å²) in [4.78, 5) is 14.7. The highest BCUT2D eigenvalue weighted by atomic mass is 16.1. The first-order valence-electron chi connectivity index (χ1n) is 11.0. The molecule has 1 N–H and O–H groups in total. The van der Waals surface area contributed by atoms with E-state index in [1.54, 1.807) is 6.20 Å². The predicted octanol–water partition coefficient (Wildman–Crippen LogP) is 5.71. The molecule has 0 spiro atoms. The van der Waals surface area contributed by atoms with E-state index >= 15 is 0 Å². The number of benzene rings is 1. The van der Waals surface area contributed by atoms with E-state index in [4.69, 9.17) is 0 Å². The Morgan fingerprint density at radius 2 is 1.57 bits per heavy atom. The summed E-state index contributed by atoms with van der Waals surface area (Å²) in [5.74, 6) is -0.242. The van der Waals surface area contributed by atoms with Gasteiger partial charge in [0, 0.05) is 24.5 Å². The van der Waals surface area contributed by atoms with Crippen LogP contribution in [0.4, 0.5) is 5.69 Å². The average Bonchev–Trinajstić information content (AvgIpc) is 2.71. The molecule has 0 saturated heterocycles. The molecule has 1 saturated carbocycles. The van der Waals surface area contributed by atoms with E-state index < -0.39 is 0 Å². The van der Waals surface area contributed by atoms with Crippen LogP contribution in [0.1, 0.15) is 77.6 Å². The maximum absolute atomic E-state index is 12.8. The molecule has 0 atom stereocenters. The number of para-hydroxylation sites is 1. The molecule has 0 bridgehead atoms. The third-order valence-corrected chi connectivity index (χ3v) is 5.52. The van der Waals surface area contributed by atoms with Gasteiger partial charge in [0.1, 0.15) is 11.6 Å². The molecule has 0 aliphatic heterocycles. The first kappa shape index (κ1) is 22.0. The molecule has 4 nitrogen and oxygen atoms in total. The average molecular weight is 382 g/mol. The highest BCUT2D eigenvalue weighted by molar-refractivity contribution is 5.97. The zero-order valence-corrected chi connectivity index (χ0v) is 17.3. The fourth-order valence-corrected chi connectivity index (χ4v) is 3.83. The molecule has 4 heteroatoms. The van der Waals surface area contributed by atoms with Gasteiger partial charge in [-0.2, -0.15) is 5.26 Å². The second kappa shape index (κ2) is 13.0. The molecular formula is C24H35N3O. The Morgan fingerprint density at radius 3 is 2.07 bits per heavy atom. The van der Waals surface area contributed by atoms with Crippen LogP contribution in [0.15, 0.2) is 42.1 Å². The van der Waals surface area contributed by atoms with Crippen molar-refractivity contribution in [1.29, 1.82) is 5.26 Å². The summed E-state index contributed by atoms with van der Waals surface area (Å²) in [6.07, 6.45) is 15.1. The predicted molar refractivity (Wildman–Crippen MR) is 116 cm³/mol. The van der Waals surface area contributed by atoms with Crippen molar-refractivity contribution in [2.45, 2.75) is 83.6 Å². The number of carbonyl (C=O) groups excluding carboxylic acids is 1. The highest BCUT2D eigenvalue weighted by Gasteiger charge is 2.17. The van der Waals surface area contributed by atoms with Crippen LogP contribution < -0.4 is 10.2 Å². The monoisotopic (exact) mass is 381 g/mol. The maximum Gasteiger partial charge on any atom is 0.263 e. The van der Waals surface area contributed by atoms with Crippen molar-refractivity contribution in [3.8, 4) is 6.07 Å². The molecule has 1 aromatic rings. The number of rotatable bonds is 5. The second-order valence-electron chi connectivity index (χ2n) is 7.71. The minimum atomic E-state index is -0.242. The van der Waals surface area contributed by atoms with E-state index in [1.165, 1.54) is 44.9 Å². The fraction of sp³-hybridized carbons (Fsp3) is 0.583. The normalized spacial score (nSPS) is 17.6.